The number of nitrogens with one attached hydrogen (secondary N) is 2. The lowest BCUT2D eigenvalue weighted by atomic mass is 10.2. The van der Waals surface area contributed by atoms with Gasteiger partial charge in [-0.25, -0.2) is 5.84 Å². The molecule has 3 rings (SSSR count). The first-order chi connectivity index (χ1) is 9.33. The minimum absolute atomic E-state index is 0.420. The molecule has 0 atom stereocenters. The number of aromatic amines is 1. The molecule has 0 saturated heterocycles. The average molecular weight is 261 g/mol. The first kappa shape index (κ1) is 12.2. The Balaban J connectivity index is 2.07. The molecule has 2 aromatic rings. The van der Waals surface area contributed by atoms with Crippen molar-refractivity contribution in [2.45, 2.75) is 38.6 Å². The molecular weight excluding hydrogens is 242 g/mol. The van der Waals surface area contributed by atoms with Gasteiger partial charge >= 0.3 is 0 Å². The van der Waals surface area contributed by atoms with Gasteiger partial charge in [-0.3, -0.25) is 10.5 Å². The van der Waals surface area contributed by atoms with E-state index in [4.69, 9.17) is 5.84 Å². The largest absolute Gasteiger partial charge is 0.353 e. The third-order valence-corrected chi connectivity index (χ3v) is 3.80. The smallest absolute Gasteiger partial charge is 0.241 e. The predicted octanol–water partition coefficient (Wildman–Crippen LogP) is 1.41. The molecule has 7 nitrogen and oxygen atoms in total. The van der Waals surface area contributed by atoms with Gasteiger partial charge in [0.1, 0.15) is 5.82 Å². The highest BCUT2D eigenvalue weighted by molar-refractivity contribution is 5.87. The van der Waals surface area contributed by atoms with E-state index < -0.39 is 0 Å². The van der Waals surface area contributed by atoms with Crippen molar-refractivity contribution in [3.05, 3.63) is 6.20 Å². The Labute approximate surface area is 111 Å². The fourth-order valence-corrected chi connectivity index (χ4v) is 2.90. The van der Waals surface area contributed by atoms with Gasteiger partial charge in [0.05, 0.1) is 11.6 Å². The maximum atomic E-state index is 5.45. The third kappa shape index (κ3) is 2.10. The van der Waals surface area contributed by atoms with Crippen molar-refractivity contribution in [3.63, 3.8) is 0 Å². The van der Waals surface area contributed by atoms with Crippen LogP contribution in [0.5, 0.6) is 0 Å². The Hall–Kier alpha value is -1.89. The minimum Gasteiger partial charge on any atom is -0.353 e. The zero-order valence-corrected chi connectivity index (χ0v) is 11.1. The molecule has 0 unspecified atom stereocenters. The number of hydrogen-bond donors (Lipinski definition) is 3. The van der Waals surface area contributed by atoms with Crippen LogP contribution in [0, 0.1) is 0 Å². The van der Waals surface area contributed by atoms with Crippen LogP contribution in [0.3, 0.4) is 0 Å². The quantitative estimate of drug-likeness (QED) is 0.569. The second-order valence-electron chi connectivity index (χ2n) is 4.87. The Morgan fingerprint density at radius 1 is 1.42 bits per heavy atom. The van der Waals surface area contributed by atoms with Gasteiger partial charge in [-0.15, -0.1) is 0 Å². The standard InChI is InChI=1S/C12H19N7/c1-2-19(8-5-3-4-6-8)11-9-7-14-18-10(9)15-12(16-11)17-13/h7-8H,2-6,13H2,1H3,(H2,14,15,16,17,18). The second-order valence-corrected chi connectivity index (χ2v) is 4.87. The molecule has 102 valence electrons. The van der Waals surface area contributed by atoms with Gasteiger partial charge in [0.25, 0.3) is 0 Å². The van der Waals surface area contributed by atoms with Crippen molar-refractivity contribution in [1.82, 2.24) is 20.2 Å². The van der Waals surface area contributed by atoms with Crippen molar-refractivity contribution in [2.24, 2.45) is 5.84 Å². The summed E-state index contributed by atoms with van der Waals surface area (Å²) in [5.74, 6) is 6.78. The number of nitrogens with two attached hydrogens (primary N) is 1. The lowest BCUT2D eigenvalue weighted by Crippen LogP contribution is -2.34. The van der Waals surface area contributed by atoms with Gasteiger partial charge in [0, 0.05) is 12.6 Å². The SMILES string of the molecule is CCN(c1nc(NN)nc2[nH]ncc12)C1CCCC1. The molecule has 1 fully saturated rings. The molecule has 0 radical (unpaired) electrons. The molecule has 0 bridgehead atoms. The summed E-state index contributed by atoms with van der Waals surface area (Å²) < 4.78 is 0. The van der Waals surface area contributed by atoms with Crippen molar-refractivity contribution in [2.75, 3.05) is 16.9 Å². The van der Waals surface area contributed by atoms with E-state index in [-0.39, 0.29) is 0 Å². The fraction of sp³-hybridized carbons (Fsp3) is 0.583. The number of nitrogens with zero attached hydrogens (tertiary/aromatic N) is 4. The molecule has 0 aromatic carbocycles. The van der Waals surface area contributed by atoms with Gasteiger partial charge in [-0.1, -0.05) is 12.8 Å². The summed E-state index contributed by atoms with van der Waals surface area (Å²) in [6.07, 6.45) is 6.82. The van der Waals surface area contributed by atoms with Gasteiger partial charge in [0.2, 0.25) is 5.95 Å². The van der Waals surface area contributed by atoms with Crippen LogP contribution in [-0.4, -0.2) is 32.8 Å². The van der Waals surface area contributed by atoms with Crippen LogP contribution in [0.4, 0.5) is 11.8 Å². The van der Waals surface area contributed by atoms with Gasteiger partial charge < -0.3 is 4.90 Å². The Bertz CT molecular complexity index is 558. The highest BCUT2D eigenvalue weighted by Crippen LogP contribution is 2.31. The van der Waals surface area contributed by atoms with Crippen molar-refractivity contribution in [3.8, 4) is 0 Å². The molecule has 7 heteroatoms. The van der Waals surface area contributed by atoms with E-state index in [1.807, 2.05) is 0 Å². The number of H-pyrrole nitrogens is 1. The third-order valence-electron chi connectivity index (χ3n) is 3.80. The molecule has 1 saturated carbocycles. The summed E-state index contributed by atoms with van der Waals surface area (Å²) in [6, 6.07) is 0.559. The van der Waals surface area contributed by atoms with E-state index in [9.17, 15) is 0 Å². The first-order valence-corrected chi connectivity index (χ1v) is 6.78. The maximum Gasteiger partial charge on any atom is 0.241 e. The van der Waals surface area contributed by atoms with Crippen LogP contribution in [0.25, 0.3) is 11.0 Å². The van der Waals surface area contributed by atoms with Gasteiger partial charge in [0.15, 0.2) is 5.65 Å². The van der Waals surface area contributed by atoms with Crippen molar-refractivity contribution in [1.29, 1.82) is 0 Å². The first-order valence-electron chi connectivity index (χ1n) is 6.78. The Kier molecular flexibility index (Phi) is 3.20. The molecule has 0 spiro atoms. The van der Waals surface area contributed by atoms with E-state index in [0.29, 0.717) is 12.0 Å². The molecule has 0 amide bonds. The Morgan fingerprint density at radius 2 is 2.21 bits per heavy atom. The molecule has 2 heterocycles. The normalized spacial score (nSPS) is 16.1. The van der Waals surface area contributed by atoms with Crippen molar-refractivity contribution >= 4 is 22.8 Å². The topological polar surface area (TPSA) is 95.8 Å². The molecule has 1 aliphatic carbocycles. The summed E-state index contributed by atoms with van der Waals surface area (Å²) in [5.41, 5.74) is 3.24. The lowest BCUT2D eigenvalue weighted by Gasteiger charge is -2.29. The minimum atomic E-state index is 0.420. The predicted molar refractivity (Wildman–Crippen MR) is 74.8 cm³/mol. The summed E-state index contributed by atoms with van der Waals surface area (Å²) in [5, 5.41) is 7.89. The molecule has 19 heavy (non-hydrogen) atoms. The van der Waals surface area contributed by atoms with E-state index in [1.54, 1.807) is 6.20 Å². The monoisotopic (exact) mass is 261 g/mol. The number of nitrogen functional groups attached to an aromatic ring is 1. The Morgan fingerprint density at radius 3 is 2.89 bits per heavy atom. The molecule has 0 aliphatic heterocycles. The van der Waals surface area contributed by atoms with E-state index in [0.717, 1.165) is 23.4 Å². The number of hydrogen-bond acceptors (Lipinski definition) is 6. The van der Waals surface area contributed by atoms with Gasteiger partial charge in [-0.05, 0) is 19.8 Å². The fourth-order valence-electron chi connectivity index (χ4n) is 2.90. The highest BCUT2D eigenvalue weighted by atomic mass is 15.3. The lowest BCUT2D eigenvalue weighted by molar-refractivity contribution is 0.615. The van der Waals surface area contributed by atoms with Crippen LogP contribution in [0.1, 0.15) is 32.6 Å². The number of hydrazine groups is 1. The zero-order valence-electron chi connectivity index (χ0n) is 11.1. The number of rotatable bonds is 4. The van der Waals surface area contributed by atoms with E-state index in [2.05, 4.69) is 37.4 Å². The highest BCUT2D eigenvalue weighted by Gasteiger charge is 2.25. The van der Waals surface area contributed by atoms with Crippen LogP contribution >= 0.6 is 0 Å². The molecule has 2 aromatic heterocycles. The van der Waals surface area contributed by atoms with Crippen LogP contribution in [0.2, 0.25) is 0 Å². The summed E-state index contributed by atoms with van der Waals surface area (Å²) in [7, 11) is 0. The van der Waals surface area contributed by atoms with E-state index in [1.165, 1.54) is 25.7 Å². The number of aromatic nitrogens is 4. The summed E-state index contributed by atoms with van der Waals surface area (Å²) >= 11 is 0. The summed E-state index contributed by atoms with van der Waals surface area (Å²) in [4.78, 5) is 11.1. The zero-order chi connectivity index (χ0) is 13.2. The maximum absolute atomic E-state index is 5.45. The average Bonchev–Trinajstić information content (AvgIpc) is 3.09. The van der Waals surface area contributed by atoms with Crippen LogP contribution in [-0.2, 0) is 0 Å². The van der Waals surface area contributed by atoms with Crippen LogP contribution in [0.15, 0.2) is 6.20 Å². The van der Waals surface area contributed by atoms with Crippen molar-refractivity contribution < 1.29 is 0 Å². The summed E-state index contributed by atoms with van der Waals surface area (Å²) in [6.45, 7) is 3.08. The molecule has 1 aliphatic rings. The van der Waals surface area contributed by atoms with Gasteiger partial charge in [-0.2, -0.15) is 15.1 Å². The molecular formula is C12H19N7. The molecule has 4 N–H and O–H groups in total. The number of anilines is 2. The second kappa shape index (κ2) is 5.00. The van der Waals surface area contributed by atoms with Crippen LogP contribution < -0.4 is 16.2 Å². The van der Waals surface area contributed by atoms with E-state index >= 15 is 0 Å². The number of fused-ring (bicyclic) bond motifs is 1.